The van der Waals surface area contributed by atoms with Crippen LogP contribution in [0.15, 0.2) is 48.5 Å². The smallest absolute Gasteiger partial charge is 0.387 e. The molecule has 1 N–H and O–H groups in total. The molecule has 152 valence electrons. The molecule has 1 heterocycles. The van der Waals surface area contributed by atoms with Crippen LogP contribution in [0.5, 0.6) is 11.5 Å². The number of hydrogen-bond acceptors (Lipinski definition) is 4. The van der Waals surface area contributed by atoms with Crippen molar-refractivity contribution in [2.45, 2.75) is 32.0 Å². The van der Waals surface area contributed by atoms with E-state index in [1.807, 2.05) is 12.1 Å². The molecule has 0 aromatic heterocycles. The van der Waals surface area contributed by atoms with E-state index in [0.29, 0.717) is 18.0 Å². The molecule has 1 fully saturated rings. The van der Waals surface area contributed by atoms with E-state index in [0.717, 1.165) is 38.1 Å². The lowest BCUT2D eigenvalue weighted by Gasteiger charge is -2.33. The molecule has 0 radical (unpaired) electrons. The molecule has 28 heavy (non-hydrogen) atoms. The second-order valence-electron chi connectivity index (χ2n) is 7.26. The van der Waals surface area contributed by atoms with Crippen LogP contribution < -0.4 is 9.47 Å². The first-order valence-electron chi connectivity index (χ1n) is 9.61. The molecule has 3 rings (SSSR count). The van der Waals surface area contributed by atoms with Crippen LogP contribution in [0.1, 0.15) is 30.1 Å². The van der Waals surface area contributed by atoms with Gasteiger partial charge in [-0.05, 0) is 73.7 Å². The van der Waals surface area contributed by atoms with Gasteiger partial charge >= 0.3 is 6.61 Å². The van der Waals surface area contributed by atoms with Gasteiger partial charge in [0.2, 0.25) is 0 Å². The second-order valence-corrected chi connectivity index (χ2v) is 7.26. The minimum Gasteiger partial charge on any atom is -0.497 e. The fraction of sp³-hybridized carbons (Fsp3) is 0.455. The van der Waals surface area contributed by atoms with Gasteiger partial charge in [-0.1, -0.05) is 24.3 Å². The number of halogens is 2. The highest BCUT2D eigenvalue weighted by atomic mass is 19.3. The summed E-state index contributed by atoms with van der Waals surface area (Å²) in [7, 11) is 1.67. The molecule has 1 atom stereocenters. The van der Waals surface area contributed by atoms with E-state index in [4.69, 9.17) is 4.74 Å². The quantitative estimate of drug-likeness (QED) is 0.729. The van der Waals surface area contributed by atoms with Crippen molar-refractivity contribution in [3.8, 4) is 11.5 Å². The maximum Gasteiger partial charge on any atom is 0.387 e. The fourth-order valence-corrected chi connectivity index (χ4v) is 3.69. The van der Waals surface area contributed by atoms with Crippen LogP contribution in [0.4, 0.5) is 8.78 Å². The van der Waals surface area contributed by atoms with Gasteiger partial charge in [-0.3, -0.25) is 0 Å². The topological polar surface area (TPSA) is 41.9 Å². The number of aliphatic hydroxyl groups is 1. The van der Waals surface area contributed by atoms with Gasteiger partial charge in [-0.25, -0.2) is 0 Å². The predicted molar refractivity (Wildman–Crippen MR) is 104 cm³/mol. The first kappa shape index (κ1) is 20.6. The minimum atomic E-state index is -2.84. The maximum atomic E-state index is 12.2. The lowest BCUT2D eigenvalue weighted by Crippen LogP contribution is -2.37. The van der Waals surface area contributed by atoms with E-state index >= 15 is 0 Å². The number of rotatable bonds is 8. The highest BCUT2D eigenvalue weighted by Gasteiger charge is 2.22. The summed E-state index contributed by atoms with van der Waals surface area (Å²) in [5.74, 6) is 1.62. The Labute approximate surface area is 164 Å². The monoisotopic (exact) mass is 391 g/mol. The van der Waals surface area contributed by atoms with E-state index < -0.39 is 12.7 Å². The molecule has 1 aliphatic rings. The second kappa shape index (κ2) is 9.85. The van der Waals surface area contributed by atoms with E-state index in [1.54, 1.807) is 19.2 Å². The molecule has 1 unspecified atom stereocenters. The van der Waals surface area contributed by atoms with Crippen LogP contribution in [0, 0.1) is 5.92 Å². The molecule has 0 spiro atoms. The van der Waals surface area contributed by atoms with Gasteiger partial charge in [0.1, 0.15) is 11.5 Å². The lowest BCUT2D eigenvalue weighted by atomic mass is 9.90. The molecule has 0 saturated carbocycles. The zero-order chi connectivity index (χ0) is 19.9. The first-order chi connectivity index (χ1) is 13.5. The summed E-state index contributed by atoms with van der Waals surface area (Å²) >= 11 is 0. The number of piperidine rings is 1. The van der Waals surface area contributed by atoms with Crippen LogP contribution in [0.25, 0.3) is 0 Å². The van der Waals surface area contributed by atoms with Crippen LogP contribution >= 0.6 is 0 Å². The number of benzene rings is 2. The summed E-state index contributed by atoms with van der Waals surface area (Å²) in [6.45, 7) is -0.394. The van der Waals surface area contributed by atoms with Crippen molar-refractivity contribution in [2.24, 2.45) is 5.92 Å². The van der Waals surface area contributed by atoms with Crippen LogP contribution in [-0.4, -0.2) is 43.4 Å². The van der Waals surface area contributed by atoms with Gasteiger partial charge < -0.3 is 19.5 Å². The molecule has 0 aliphatic carbocycles. The van der Waals surface area contributed by atoms with Crippen molar-refractivity contribution < 1.29 is 23.4 Å². The summed E-state index contributed by atoms with van der Waals surface area (Å²) in [5.41, 5.74) is 2.03. The summed E-state index contributed by atoms with van der Waals surface area (Å²) in [6, 6.07) is 14.4. The first-order valence-corrected chi connectivity index (χ1v) is 9.61. The number of methoxy groups -OCH3 is 1. The molecule has 0 bridgehead atoms. The Morgan fingerprint density at radius 1 is 1.00 bits per heavy atom. The van der Waals surface area contributed by atoms with E-state index in [1.165, 1.54) is 17.7 Å². The highest BCUT2D eigenvalue weighted by molar-refractivity contribution is 5.29. The maximum absolute atomic E-state index is 12.2. The van der Waals surface area contributed by atoms with Crippen molar-refractivity contribution in [1.82, 2.24) is 4.90 Å². The normalized spacial score (nSPS) is 16.9. The molecular weight excluding hydrogens is 364 g/mol. The molecule has 2 aromatic rings. The molecule has 1 saturated heterocycles. The standard InChI is InChI=1S/C22H27F2NO3/c1-27-19-6-2-16(3-7-19)14-17-10-12-25(13-11-17)15-21(26)18-4-8-20(9-5-18)28-22(23)24/h2-9,17,21-22,26H,10-15H2,1H3. The third-order valence-electron chi connectivity index (χ3n) is 5.31. The molecule has 1 aliphatic heterocycles. The zero-order valence-electron chi connectivity index (χ0n) is 16.1. The van der Waals surface area contributed by atoms with Crippen molar-refractivity contribution in [2.75, 3.05) is 26.7 Å². The van der Waals surface area contributed by atoms with Gasteiger partial charge in [-0.2, -0.15) is 8.78 Å². The summed E-state index contributed by atoms with van der Waals surface area (Å²) in [4.78, 5) is 2.26. The van der Waals surface area contributed by atoms with E-state index in [2.05, 4.69) is 21.8 Å². The number of likely N-dealkylation sites (tertiary alicyclic amines) is 1. The third-order valence-corrected chi connectivity index (χ3v) is 5.31. The number of β-amino-alcohol motifs (C(OH)–C–C–N with tert-alkyl or cyclic N) is 1. The Morgan fingerprint density at radius 2 is 1.61 bits per heavy atom. The lowest BCUT2D eigenvalue weighted by molar-refractivity contribution is -0.0498. The highest BCUT2D eigenvalue weighted by Crippen LogP contribution is 2.25. The number of hydrogen-bond donors (Lipinski definition) is 1. The van der Waals surface area contributed by atoms with Gasteiger partial charge in [0.25, 0.3) is 0 Å². The Morgan fingerprint density at radius 3 is 2.18 bits per heavy atom. The van der Waals surface area contributed by atoms with Crippen molar-refractivity contribution in [1.29, 1.82) is 0 Å². The van der Waals surface area contributed by atoms with E-state index in [9.17, 15) is 13.9 Å². The van der Waals surface area contributed by atoms with Gasteiger partial charge in [0.05, 0.1) is 13.2 Å². The Bertz CT molecular complexity index is 714. The SMILES string of the molecule is COc1ccc(CC2CCN(CC(O)c3ccc(OC(F)F)cc3)CC2)cc1. The van der Waals surface area contributed by atoms with Gasteiger partial charge in [0.15, 0.2) is 0 Å². The van der Waals surface area contributed by atoms with Crippen LogP contribution in [0.2, 0.25) is 0 Å². The molecule has 6 heteroatoms. The zero-order valence-corrected chi connectivity index (χ0v) is 16.1. The predicted octanol–water partition coefficient (Wildman–Crippen LogP) is 4.28. The van der Waals surface area contributed by atoms with Crippen LogP contribution in [0.3, 0.4) is 0 Å². The van der Waals surface area contributed by atoms with Crippen molar-refractivity contribution >= 4 is 0 Å². The molecule has 0 amide bonds. The molecule has 2 aromatic carbocycles. The largest absolute Gasteiger partial charge is 0.497 e. The molecule has 4 nitrogen and oxygen atoms in total. The fourth-order valence-electron chi connectivity index (χ4n) is 3.69. The minimum absolute atomic E-state index is 0.102. The number of nitrogens with zero attached hydrogens (tertiary/aromatic N) is 1. The number of alkyl halides is 2. The summed E-state index contributed by atoms with van der Waals surface area (Å²) in [6.07, 6.45) is 2.62. The number of ether oxygens (including phenoxy) is 2. The molecular formula is C22H27F2NO3. The van der Waals surface area contributed by atoms with Crippen molar-refractivity contribution in [3.63, 3.8) is 0 Å². The van der Waals surface area contributed by atoms with E-state index in [-0.39, 0.29) is 5.75 Å². The number of aliphatic hydroxyl groups excluding tert-OH is 1. The Balaban J connectivity index is 1.44. The summed E-state index contributed by atoms with van der Waals surface area (Å²) in [5, 5.41) is 10.5. The van der Waals surface area contributed by atoms with Gasteiger partial charge in [-0.15, -0.1) is 0 Å². The Kier molecular flexibility index (Phi) is 7.23. The summed E-state index contributed by atoms with van der Waals surface area (Å²) < 4.78 is 34.0. The average Bonchev–Trinajstić information content (AvgIpc) is 2.70. The average molecular weight is 391 g/mol. The van der Waals surface area contributed by atoms with Crippen LogP contribution in [-0.2, 0) is 6.42 Å². The Hall–Kier alpha value is -2.18. The third kappa shape index (κ3) is 5.91. The van der Waals surface area contributed by atoms with Gasteiger partial charge in [0, 0.05) is 6.54 Å². The van der Waals surface area contributed by atoms with Crippen molar-refractivity contribution in [3.05, 3.63) is 59.7 Å².